The van der Waals surface area contributed by atoms with E-state index in [-0.39, 0.29) is 0 Å². The average molecular weight is 414 g/mol. The number of nitrogens with zero attached hydrogens (tertiary/aromatic N) is 1. The van der Waals surface area contributed by atoms with Crippen molar-refractivity contribution in [2.75, 3.05) is 20.6 Å². The lowest BCUT2D eigenvalue weighted by molar-refractivity contribution is 0.400. The lowest BCUT2D eigenvalue weighted by atomic mass is 10.0. The summed E-state index contributed by atoms with van der Waals surface area (Å²) in [5.41, 5.74) is 7.57. The Labute approximate surface area is 189 Å². The summed E-state index contributed by atoms with van der Waals surface area (Å²) >= 11 is 0. The van der Waals surface area contributed by atoms with Gasteiger partial charge in [-0.05, 0) is 126 Å². The van der Waals surface area contributed by atoms with Gasteiger partial charge in [0.25, 0.3) is 0 Å². The molecule has 0 bridgehead atoms. The molecule has 0 aliphatic rings. The third-order valence-electron chi connectivity index (χ3n) is 5.48. The predicted octanol–water partition coefficient (Wildman–Crippen LogP) is 9.20. The molecular weight excluding hydrogens is 362 g/mol. The number of hydrogen-bond acceptors (Lipinski definition) is 1. The van der Waals surface area contributed by atoms with Crippen molar-refractivity contribution in [2.24, 2.45) is 0 Å². The Kier molecular flexibility index (Phi) is 17.6. The molecular formula is C29H51N. The fourth-order valence-electron chi connectivity index (χ4n) is 3.42. The van der Waals surface area contributed by atoms with Gasteiger partial charge in [0, 0.05) is 0 Å². The van der Waals surface area contributed by atoms with Crippen LogP contribution < -0.4 is 0 Å². The van der Waals surface area contributed by atoms with Crippen LogP contribution in [0.15, 0.2) is 58.2 Å². The lowest BCUT2D eigenvalue weighted by Crippen LogP contribution is -2.12. The third kappa shape index (κ3) is 20.0. The zero-order chi connectivity index (χ0) is 22.8. The van der Waals surface area contributed by atoms with E-state index in [1.54, 1.807) is 5.57 Å². The van der Waals surface area contributed by atoms with Crippen LogP contribution in [0.25, 0.3) is 0 Å². The Morgan fingerprint density at radius 2 is 0.867 bits per heavy atom. The van der Waals surface area contributed by atoms with Crippen LogP contribution in [0, 0.1) is 0 Å². The van der Waals surface area contributed by atoms with Gasteiger partial charge in [-0.2, -0.15) is 0 Å². The number of hydrogen-bond donors (Lipinski definition) is 0. The van der Waals surface area contributed by atoms with Gasteiger partial charge in [-0.1, -0.05) is 58.2 Å². The molecule has 0 N–H and O–H groups in total. The van der Waals surface area contributed by atoms with Gasteiger partial charge in [-0.15, -0.1) is 0 Å². The van der Waals surface area contributed by atoms with Gasteiger partial charge in [-0.3, -0.25) is 0 Å². The highest BCUT2D eigenvalue weighted by atomic mass is 15.0. The first-order chi connectivity index (χ1) is 14.2. The fraction of sp³-hybridized carbons (Fsp3) is 0.655. The molecule has 0 aliphatic carbocycles. The summed E-state index contributed by atoms with van der Waals surface area (Å²) in [5.74, 6) is 0. The molecule has 0 amide bonds. The molecule has 0 aromatic heterocycles. The summed E-state index contributed by atoms with van der Waals surface area (Å²) < 4.78 is 0. The van der Waals surface area contributed by atoms with Gasteiger partial charge >= 0.3 is 0 Å². The minimum Gasteiger partial charge on any atom is -0.309 e. The van der Waals surface area contributed by atoms with E-state index in [1.165, 1.54) is 93.0 Å². The molecule has 0 spiro atoms. The lowest BCUT2D eigenvalue weighted by Gasteiger charge is -2.09. The Bertz CT molecular complexity index is 592. The van der Waals surface area contributed by atoms with Crippen molar-refractivity contribution < 1.29 is 0 Å². The summed E-state index contributed by atoms with van der Waals surface area (Å²) in [5, 5.41) is 0. The van der Waals surface area contributed by atoms with Gasteiger partial charge < -0.3 is 4.90 Å². The molecule has 0 heterocycles. The maximum absolute atomic E-state index is 2.44. The molecule has 30 heavy (non-hydrogen) atoms. The van der Waals surface area contributed by atoms with Crippen molar-refractivity contribution in [3.8, 4) is 0 Å². The molecule has 0 rings (SSSR count). The zero-order valence-corrected chi connectivity index (χ0v) is 21.6. The van der Waals surface area contributed by atoms with Crippen molar-refractivity contribution >= 4 is 0 Å². The fourth-order valence-corrected chi connectivity index (χ4v) is 3.42. The van der Waals surface area contributed by atoms with E-state index < -0.39 is 0 Å². The Morgan fingerprint density at radius 3 is 1.27 bits per heavy atom. The van der Waals surface area contributed by atoms with E-state index in [2.05, 4.69) is 90.9 Å². The minimum atomic E-state index is 1.17. The second kappa shape index (κ2) is 18.4. The molecule has 0 radical (unpaired) electrons. The van der Waals surface area contributed by atoms with Crippen LogP contribution >= 0.6 is 0 Å². The van der Waals surface area contributed by atoms with E-state index in [9.17, 15) is 0 Å². The monoisotopic (exact) mass is 413 g/mol. The molecule has 0 aromatic carbocycles. The quantitative estimate of drug-likeness (QED) is 0.180. The van der Waals surface area contributed by atoms with Crippen molar-refractivity contribution in [3.05, 3.63) is 58.2 Å². The van der Waals surface area contributed by atoms with Gasteiger partial charge in [0.2, 0.25) is 0 Å². The molecule has 172 valence electrons. The van der Waals surface area contributed by atoms with Crippen molar-refractivity contribution in [2.45, 2.75) is 106 Å². The van der Waals surface area contributed by atoms with Crippen LogP contribution in [0.1, 0.15) is 106 Å². The molecule has 0 atom stereocenters. The van der Waals surface area contributed by atoms with Crippen molar-refractivity contribution in [1.29, 1.82) is 0 Å². The summed E-state index contributed by atoms with van der Waals surface area (Å²) in [6.45, 7) is 14.7. The molecule has 0 aromatic rings. The van der Waals surface area contributed by atoms with E-state index in [1.807, 2.05) is 0 Å². The van der Waals surface area contributed by atoms with E-state index in [0.717, 1.165) is 0 Å². The van der Waals surface area contributed by atoms with Crippen LogP contribution in [0.4, 0.5) is 0 Å². The summed E-state index contributed by atoms with van der Waals surface area (Å²) in [7, 11) is 4.30. The van der Waals surface area contributed by atoms with Crippen LogP contribution in [0.3, 0.4) is 0 Å². The smallest absolute Gasteiger partial charge is 0.00218 e. The Hall–Kier alpha value is -1.34. The Morgan fingerprint density at radius 1 is 0.500 bits per heavy atom. The molecule has 1 heteroatoms. The highest BCUT2D eigenvalue weighted by molar-refractivity contribution is 5.07. The van der Waals surface area contributed by atoms with Crippen molar-refractivity contribution in [1.82, 2.24) is 4.90 Å². The number of unbranched alkanes of at least 4 members (excludes halogenated alkanes) is 1. The summed E-state index contributed by atoms with van der Waals surface area (Å²) in [6, 6.07) is 0. The first-order valence-corrected chi connectivity index (χ1v) is 12.1. The second-order valence-corrected chi connectivity index (χ2v) is 9.58. The summed E-state index contributed by atoms with van der Waals surface area (Å²) in [4.78, 5) is 2.27. The SMILES string of the molecule is CC(C)=CCCC(C)=CCCC(C)=CCCC=C(C)CCC=C(C)CCCN(C)C. The van der Waals surface area contributed by atoms with E-state index in [0.29, 0.717) is 0 Å². The molecule has 0 aliphatic heterocycles. The molecule has 0 fully saturated rings. The number of allylic oxidation sites excluding steroid dienone is 10. The average Bonchev–Trinajstić information content (AvgIpc) is 2.64. The molecule has 0 saturated carbocycles. The highest BCUT2D eigenvalue weighted by Crippen LogP contribution is 2.14. The Balaban J connectivity index is 4.01. The largest absolute Gasteiger partial charge is 0.309 e. The zero-order valence-electron chi connectivity index (χ0n) is 21.6. The van der Waals surface area contributed by atoms with Crippen LogP contribution in [0.5, 0.6) is 0 Å². The molecule has 0 unspecified atom stereocenters. The second-order valence-electron chi connectivity index (χ2n) is 9.58. The standard InChI is InChI=1S/C29H51N/c1-25(2)15-11-18-28(5)21-12-19-26(3)16-9-10-17-27(4)20-13-22-29(6)23-14-24-30(7)8/h15-17,21-22H,9-14,18-20,23-24H2,1-8H3. The van der Waals surface area contributed by atoms with Crippen LogP contribution in [-0.4, -0.2) is 25.5 Å². The van der Waals surface area contributed by atoms with E-state index in [4.69, 9.17) is 0 Å². The van der Waals surface area contributed by atoms with Gasteiger partial charge in [0.1, 0.15) is 0 Å². The van der Waals surface area contributed by atoms with Crippen LogP contribution in [0.2, 0.25) is 0 Å². The van der Waals surface area contributed by atoms with Crippen molar-refractivity contribution in [3.63, 3.8) is 0 Å². The highest BCUT2D eigenvalue weighted by Gasteiger charge is 1.95. The maximum Gasteiger partial charge on any atom is -0.00218 e. The number of rotatable bonds is 16. The first-order valence-electron chi connectivity index (χ1n) is 12.1. The van der Waals surface area contributed by atoms with Crippen LogP contribution in [-0.2, 0) is 0 Å². The van der Waals surface area contributed by atoms with Gasteiger partial charge in [0.05, 0.1) is 0 Å². The molecule has 0 saturated heterocycles. The maximum atomic E-state index is 2.44. The molecule has 1 nitrogen and oxygen atoms in total. The minimum absolute atomic E-state index is 1.17. The first kappa shape index (κ1) is 28.7. The van der Waals surface area contributed by atoms with E-state index >= 15 is 0 Å². The normalized spacial score (nSPS) is 13.9. The van der Waals surface area contributed by atoms with Gasteiger partial charge in [0.15, 0.2) is 0 Å². The summed E-state index contributed by atoms with van der Waals surface area (Å²) in [6.07, 6.45) is 24.0. The topological polar surface area (TPSA) is 3.24 Å². The third-order valence-corrected chi connectivity index (χ3v) is 5.48. The predicted molar refractivity (Wildman–Crippen MR) is 139 cm³/mol. The van der Waals surface area contributed by atoms with Gasteiger partial charge in [-0.25, -0.2) is 0 Å².